The van der Waals surface area contributed by atoms with Crippen molar-refractivity contribution in [3.8, 4) is 0 Å². The third-order valence-corrected chi connectivity index (χ3v) is 3.85. The van der Waals surface area contributed by atoms with E-state index in [0.717, 1.165) is 25.7 Å². The molecule has 0 radical (unpaired) electrons. The first-order valence-corrected chi connectivity index (χ1v) is 6.66. The first kappa shape index (κ1) is 14.1. The van der Waals surface area contributed by atoms with E-state index in [4.69, 9.17) is 23.1 Å². The van der Waals surface area contributed by atoms with Gasteiger partial charge in [-0.05, 0) is 37.8 Å². The summed E-state index contributed by atoms with van der Waals surface area (Å²) in [6, 6.07) is 3.42. The second-order valence-corrected chi connectivity index (χ2v) is 5.29. The second kappa shape index (κ2) is 5.75. The average Bonchev–Trinajstić information content (AvgIpc) is 2.37. The van der Waals surface area contributed by atoms with E-state index in [1.54, 1.807) is 6.07 Å². The molecule has 0 aromatic heterocycles. The maximum atomic E-state index is 13.8. The first-order valence-electron chi connectivity index (χ1n) is 6.29. The highest BCUT2D eigenvalue weighted by Gasteiger charge is 2.21. The van der Waals surface area contributed by atoms with Crippen molar-refractivity contribution in [3.63, 3.8) is 0 Å². The van der Waals surface area contributed by atoms with Crippen LogP contribution in [0.15, 0.2) is 12.1 Å². The molecule has 6 heteroatoms. The van der Waals surface area contributed by atoms with E-state index < -0.39 is 11.7 Å². The Morgan fingerprint density at radius 1 is 1.32 bits per heavy atom. The summed E-state index contributed by atoms with van der Waals surface area (Å²) in [6.45, 7) is 0. The Labute approximate surface area is 116 Å². The lowest BCUT2D eigenvalue weighted by Crippen LogP contribution is -2.32. The van der Waals surface area contributed by atoms with Crippen LogP contribution in [0.2, 0.25) is 5.02 Å². The van der Waals surface area contributed by atoms with Crippen LogP contribution < -0.4 is 16.8 Å². The standard InChI is InChI=1S/C13H17ClFN3O/c14-11-10(6-5-9(12(11)15)13(17)19)18-8-3-1-7(16)2-4-8/h5-8,18H,1-4,16H2,(H2,17,19). The number of nitrogens with two attached hydrogens (primary N) is 2. The molecule has 1 aliphatic rings. The summed E-state index contributed by atoms with van der Waals surface area (Å²) in [7, 11) is 0. The third kappa shape index (κ3) is 3.16. The number of hydrogen-bond acceptors (Lipinski definition) is 3. The molecule has 1 fully saturated rings. The lowest BCUT2D eigenvalue weighted by Gasteiger charge is -2.28. The van der Waals surface area contributed by atoms with Crippen LogP contribution in [0.1, 0.15) is 36.0 Å². The van der Waals surface area contributed by atoms with Gasteiger partial charge in [0.25, 0.3) is 5.91 Å². The Morgan fingerprint density at radius 3 is 2.53 bits per heavy atom. The number of hydrogen-bond donors (Lipinski definition) is 3. The Morgan fingerprint density at radius 2 is 1.95 bits per heavy atom. The zero-order valence-corrected chi connectivity index (χ0v) is 11.2. The predicted molar refractivity (Wildman–Crippen MR) is 73.8 cm³/mol. The van der Waals surface area contributed by atoms with Gasteiger partial charge < -0.3 is 16.8 Å². The maximum Gasteiger partial charge on any atom is 0.251 e. The zero-order chi connectivity index (χ0) is 14.0. The predicted octanol–water partition coefficient (Wildman–Crippen LogP) is 2.26. The van der Waals surface area contributed by atoms with E-state index in [0.29, 0.717) is 5.69 Å². The molecule has 4 nitrogen and oxygen atoms in total. The molecular formula is C13H17ClFN3O. The lowest BCUT2D eigenvalue weighted by atomic mass is 9.91. The SMILES string of the molecule is NC(=O)c1ccc(NC2CCC(N)CC2)c(Cl)c1F. The number of rotatable bonds is 3. The molecular weight excluding hydrogens is 269 g/mol. The molecule has 0 unspecified atom stereocenters. The topological polar surface area (TPSA) is 81.1 Å². The summed E-state index contributed by atoms with van der Waals surface area (Å²) >= 11 is 5.92. The molecule has 0 spiro atoms. The van der Waals surface area contributed by atoms with Gasteiger partial charge in [-0.1, -0.05) is 11.6 Å². The number of carbonyl (C=O) groups excluding carboxylic acids is 1. The average molecular weight is 286 g/mol. The minimum atomic E-state index is -0.824. The fraction of sp³-hybridized carbons (Fsp3) is 0.462. The summed E-state index contributed by atoms with van der Waals surface area (Å²) in [4.78, 5) is 11.0. The second-order valence-electron chi connectivity index (χ2n) is 4.91. The molecule has 1 saturated carbocycles. The number of anilines is 1. The van der Waals surface area contributed by atoms with Crippen LogP contribution in [-0.2, 0) is 0 Å². The first-order chi connectivity index (χ1) is 8.99. The fourth-order valence-electron chi connectivity index (χ4n) is 2.33. The number of primary amides is 1. The van der Waals surface area contributed by atoms with Gasteiger partial charge in [0.1, 0.15) is 5.02 Å². The quantitative estimate of drug-likeness (QED) is 0.797. The van der Waals surface area contributed by atoms with Gasteiger partial charge in [0.2, 0.25) is 0 Å². The van der Waals surface area contributed by atoms with Crippen LogP contribution in [-0.4, -0.2) is 18.0 Å². The van der Waals surface area contributed by atoms with E-state index in [9.17, 15) is 9.18 Å². The van der Waals surface area contributed by atoms with Gasteiger partial charge in [-0.15, -0.1) is 0 Å². The van der Waals surface area contributed by atoms with Crippen molar-refractivity contribution in [2.45, 2.75) is 37.8 Å². The minimum Gasteiger partial charge on any atom is -0.381 e. The van der Waals surface area contributed by atoms with Gasteiger partial charge in [-0.25, -0.2) is 4.39 Å². The van der Waals surface area contributed by atoms with Crippen LogP contribution in [0.3, 0.4) is 0 Å². The Balaban J connectivity index is 2.13. The normalized spacial score (nSPS) is 23.1. The maximum absolute atomic E-state index is 13.8. The molecule has 5 N–H and O–H groups in total. The van der Waals surface area contributed by atoms with Gasteiger partial charge in [-0.3, -0.25) is 4.79 Å². The molecule has 1 amide bonds. The molecule has 0 aliphatic heterocycles. The van der Waals surface area contributed by atoms with Crippen molar-refractivity contribution in [2.24, 2.45) is 11.5 Å². The molecule has 1 aliphatic carbocycles. The van der Waals surface area contributed by atoms with E-state index in [1.165, 1.54) is 6.07 Å². The molecule has 0 atom stereocenters. The van der Waals surface area contributed by atoms with Crippen molar-refractivity contribution in [1.82, 2.24) is 0 Å². The molecule has 1 aromatic rings. The van der Waals surface area contributed by atoms with Gasteiger partial charge in [0.15, 0.2) is 5.82 Å². The Kier molecular flexibility index (Phi) is 4.27. The summed E-state index contributed by atoms with van der Waals surface area (Å²) in [5, 5.41) is 3.11. The highest BCUT2D eigenvalue weighted by atomic mass is 35.5. The van der Waals surface area contributed by atoms with Gasteiger partial charge in [0.05, 0.1) is 11.3 Å². The van der Waals surface area contributed by atoms with Crippen molar-refractivity contribution in [3.05, 3.63) is 28.5 Å². The van der Waals surface area contributed by atoms with Crippen LogP contribution in [0.25, 0.3) is 0 Å². The van der Waals surface area contributed by atoms with Crippen molar-refractivity contribution in [1.29, 1.82) is 0 Å². The van der Waals surface area contributed by atoms with E-state index in [-0.39, 0.29) is 22.7 Å². The zero-order valence-electron chi connectivity index (χ0n) is 10.5. The summed E-state index contributed by atoms with van der Waals surface area (Å²) in [6.07, 6.45) is 3.74. The summed E-state index contributed by atoms with van der Waals surface area (Å²) < 4.78 is 13.8. The summed E-state index contributed by atoms with van der Waals surface area (Å²) in [5.74, 6) is -1.60. The highest BCUT2D eigenvalue weighted by Crippen LogP contribution is 2.30. The lowest BCUT2D eigenvalue weighted by molar-refractivity contribution is 0.0996. The van der Waals surface area contributed by atoms with Crippen molar-refractivity contribution in [2.75, 3.05) is 5.32 Å². The largest absolute Gasteiger partial charge is 0.381 e. The van der Waals surface area contributed by atoms with E-state index in [2.05, 4.69) is 5.32 Å². The molecule has 2 rings (SSSR count). The van der Waals surface area contributed by atoms with Crippen LogP contribution in [0.5, 0.6) is 0 Å². The van der Waals surface area contributed by atoms with Gasteiger partial charge in [-0.2, -0.15) is 0 Å². The van der Waals surface area contributed by atoms with Crippen molar-refractivity contribution < 1.29 is 9.18 Å². The monoisotopic (exact) mass is 285 g/mol. The molecule has 0 bridgehead atoms. The van der Waals surface area contributed by atoms with Crippen LogP contribution >= 0.6 is 11.6 Å². The van der Waals surface area contributed by atoms with Gasteiger partial charge >= 0.3 is 0 Å². The number of benzene rings is 1. The molecule has 19 heavy (non-hydrogen) atoms. The number of halogens is 2. The van der Waals surface area contributed by atoms with Crippen LogP contribution in [0.4, 0.5) is 10.1 Å². The highest BCUT2D eigenvalue weighted by molar-refractivity contribution is 6.33. The van der Waals surface area contributed by atoms with Gasteiger partial charge in [0, 0.05) is 12.1 Å². The molecule has 0 saturated heterocycles. The van der Waals surface area contributed by atoms with Crippen LogP contribution in [0, 0.1) is 5.82 Å². The minimum absolute atomic E-state index is 0.0915. The smallest absolute Gasteiger partial charge is 0.251 e. The molecule has 1 aromatic carbocycles. The number of nitrogens with one attached hydrogen (secondary N) is 1. The Bertz CT molecular complexity index is 487. The van der Waals surface area contributed by atoms with E-state index in [1.807, 2.05) is 0 Å². The molecule has 104 valence electrons. The number of carbonyl (C=O) groups is 1. The fourth-order valence-corrected chi connectivity index (χ4v) is 2.55. The van der Waals surface area contributed by atoms with Crippen molar-refractivity contribution >= 4 is 23.2 Å². The molecule has 0 heterocycles. The number of amides is 1. The Hall–Kier alpha value is -1.33. The third-order valence-electron chi connectivity index (χ3n) is 3.48. The summed E-state index contributed by atoms with van der Waals surface area (Å²) in [5.41, 5.74) is 11.2. The van der Waals surface area contributed by atoms with E-state index >= 15 is 0 Å².